The highest BCUT2D eigenvalue weighted by Gasteiger charge is 2.30. The zero-order chi connectivity index (χ0) is 26.7. The summed E-state index contributed by atoms with van der Waals surface area (Å²) in [6.07, 6.45) is -0.994. The molecule has 0 aliphatic carbocycles. The van der Waals surface area contributed by atoms with Crippen LogP contribution >= 0.6 is 0 Å². The van der Waals surface area contributed by atoms with Gasteiger partial charge >= 0.3 is 11.9 Å². The quantitative estimate of drug-likeness (QED) is 0.455. The molecule has 0 amide bonds. The Bertz CT molecular complexity index is 1430. The number of aryl methyl sites for hydroxylation is 1. The lowest BCUT2D eigenvalue weighted by atomic mass is 10.0. The molecule has 1 aliphatic rings. The Morgan fingerprint density at radius 2 is 1.97 bits per heavy atom. The fourth-order valence-electron chi connectivity index (χ4n) is 3.84. The third kappa shape index (κ3) is 5.91. The first kappa shape index (κ1) is 25.8. The molecule has 0 radical (unpaired) electrons. The molecule has 4 rings (SSSR count). The van der Waals surface area contributed by atoms with Gasteiger partial charge in [-0.2, -0.15) is 28.5 Å². The standard InChI is InChI=1S/C26H24F3N5O3/c1-16-13-34(14-20-12-31-33(3)17(20)2)25(35)32-24(16)36-15-18-7-8-23(19(9-18)11-30)37-22-6-4-5-21(10-22)26(27,28)29/h4-10,12-13,17,20H,14-15H2,1-3H3. The lowest BCUT2D eigenvalue weighted by Crippen LogP contribution is -2.33. The van der Waals surface area contributed by atoms with Gasteiger partial charge in [0.15, 0.2) is 0 Å². The van der Waals surface area contributed by atoms with Crippen molar-refractivity contribution in [3.05, 3.63) is 81.4 Å². The highest BCUT2D eigenvalue weighted by Crippen LogP contribution is 2.33. The van der Waals surface area contributed by atoms with E-state index in [1.54, 1.807) is 19.2 Å². The molecule has 1 aliphatic heterocycles. The molecule has 0 saturated carbocycles. The van der Waals surface area contributed by atoms with Crippen LogP contribution in [-0.4, -0.2) is 33.9 Å². The molecule has 3 aromatic rings. The molecule has 2 aromatic carbocycles. The van der Waals surface area contributed by atoms with Crippen LogP contribution in [0.3, 0.4) is 0 Å². The van der Waals surface area contributed by atoms with Gasteiger partial charge in [0.25, 0.3) is 0 Å². The van der Waals surface area contributed by atoms with Gasteiger partial charge in [-0.25, -0.2) is 4.79 Å². The molecule has 2 unspecified atom stereocenters. The Kier molecular flexibility index (Phi) is 7.20. The van der Waals surface area contributed by atoms with E-state index in [0.717, 1.165) is 12.1 Å². The van der Waals surface area contributed by atoms with Crippen molar-refractivity contribution in [3.8, 4) is 23.4 Å². The minimum atomic E-state index is -4.51. The molecular formula is C26H24F3N5O3. The van der Waals surface area contributed by atoms with Gasteiger partial charge < -0.3 is 9.47 Å². The zero-order valence-electron chi connectivity index (χ0n) is 20.4. The van der Waals surface area contributed by atoms with Crippen LogP contribution in [0.25, 0.3) is 0 Å². The number of alkyl halides is 3. The summed E-state index contributed by atoms with van der Waals surface area (Å²) in [5.41, 5.74) is 0.0867. The number of hydrogen-bond acceptors (Lipinski definition) is 7. The molecule has 0 spiro atoms. The highest BCUT2D eigenvalue weighted by atomic mass is 19.4. The zero-order valence-corrected chi connectivity index (χ0v) is 20.4. The van der Waals surface area contributed by atoms with Crippen LogP contribution in [0.2, 0.25) is 0 Å². The Morgan fingerprint density at radius 3 is 2.65 bits per heavy atom. The van der Waals surface area contributed by atoms with Gasteiger partial charge in [-0.3, -0.25) is 9.58 Å². The maximum absolute atomic E-state index is 13.0. The summed E-state index contributed by atoms with van der Waals surface area (Å²) in [4.78, 5) is 16.6. The first-order chi connectivity index (χ1) is 17.5. The second-order valence-electron chi connectivity index (χ2n) is 8.77. The normalized spacial score (nSPS) is 17.1. The molecule has 8 nitrogen and oxygen atoms in total. The van der Waals surface area contributed by atoms with Gasteiger partial charge in [-0.1, -0.05) is 12.1 Å². The van der Waals surface area contributed by atoms with Gasteiger partial charge in [0.1, 0.15) is 24.2 Å². The minimum absolute atomic E-state index is 0.0208. The Balaban J connectivity index is 1.45. The van der Waals surface area contributed by atoms with Crippen LogP contribution in [0.5, 0.6) is 17.4 Å². The second kappa shape index (κ2) is 10.3. The summed E-state index contributed by atoms with van der Waals surface area (Å²) in [7, 11) is 1.88. The summed E-state index contributed by atoms with van der Waals surface area (Å²) in [6.45, 7) is 4.28. The van der Waals surface area contributed by atoms with Gasteiger partial charge in [0.05, 0.1) is 17.2 Å². The van der Waals surface area contributed by atoms with Crippen molar-refractivity contribution in [3.63, 3.8) is 0 Å². The third-order valence-corrected chi connectivity index (χ3v) is 6.12. The van der Waals surface area contributed by atoms with Crippen LogP contribution in [-0.2, 0) is 19.3 Å². The van der Waals surface area contributed by atoms with Crippen molar-refractivity contribution in [2.45, 2.75) is 39.2 Å². The number of aromatic nitrogens is 2. The van der Waals surface area contributed by atoms with E-state index < -0.39 is 17.4 Å². The van der Waals surface area contributed by atoms with E-state index in [0.29, 0.717) is 17.7 Å². The fourth-order valence-corrected chi connectivity index (χ4v) is 3.84. The van der Waals surface area contributed by atoms with Crippen LogP contribution in [0.15, 0.2) is 58.6 Å². The van der Waals surface area contributed by atoms with Crippen LogP contribution in [0.4, 0.5) is 13.2 Å². The summed E-state index contributed by atoms with van der Waals surface area (Å²) >= 11 is 0. The van der Waals surface area contributed by atoms with Gasteiger partial charge in [-0.05, 0) is 49.7 Å². The highest BCUT2D eigenvalue weighted by molar-refractivity contribution is 5.63. The number of nitriles is 1. The van der Waals surface area contributed by atoms with Crippen molar-refractivity contribution in [2.24, 2.45) is 11.0 Å². The first-order valence-electron chi connectivity index (χ1n) is 11.4. The van der Waals surface area contributed by atoms with Crippen LogP contribution in [0.1, 0.15) is 29.2 Å². The molecule has 11 heteroatoms. The predicted molar refractivity (Wildman–Crippen MR) is 129 cm³/mol. The smallest absolute Gasteiger partial charge is 0.416 e. The Labute approximate surface area is 211 Å². The van der Waals surface area contributed by atoms with Crippen molar-refractivity contribution in [1.29, 1.82) is 5.26 Å². The number of benzene rings is 2. The Morgan fingerprint density at radius 1 is 1.19 bits per heavy atom. The first-order valence-corrected chi connectivity index (χ1v) is 11.4. The van der Waals surface area contributed by atoms with E-state index in [9.17, 15) is 23.2 Å². The van der Waals surface area contributed by atoms with E-state index in [1.165, 1.54) is 28.8 Å². The average Bonchev–Trinajstić information content (AvgIpc) is 3.17. The van der Waals surface area contributed by atoms with E-state index >= 15 is 0 Å². The van der Waals surface area contributed by atoms with Crippen molar-refractivity contribution >= 4 is 6.21 Å². The van der Waals surface area contributed by atoms with Gasteiger partial charge in [-0.15, -0.1) is 0 Å². The van der Waals surface area contributed by atoms with Crippen molar-refractivity contribution in [1.82, 2.24) is 14.6 Å². The minimum Gasteiger partial charge on any atom is -0.472 e. The molecule has 0 bridgehead atoms. The summed E-state index contributed by atoms with van der Waals surface area (Å²) < 4.78 is 51.7. The monoisotopic (exact) mass is 511 g/mol. The Hall–Kier alpha value is -4.33. The average molecular weight is 512 g/mol. The van der Waals surface area contributed by atoms with E-state index in [-0.39, 0.29) is 41.5 Å². The van der Waals surface area contributed by atoms with Crippen LogP contribution in [0, 0.1) is 24.2 Å². The molecule has 2 atom stereocenters. The summed E-state index contributed by atoms with van der Waals surface area (Å²) in [5.74, 6) is 0.324. The molecule has 0 N–H and O–H groups in total. The molecule has 2 heterocycles. The lowest BCUT2D eigenvalue weighted by molar-refractivity contribution is -0.137. The van der Waals surface area contributed by atoms with E-state index in [4.69, 9.17) is 9.47 Å². The van der Waals surface area contributed by atoms with Crippen molar-refractivity contribution in [2.75, 3.05) is 7.05 Å². The topological polar surface area (TPSA) is 92.7 Å². The second-order valence-corrected chi connectivity index (χ2v) is 8.77. The molecule has 192 valence electrons. The number of nitrogens with zero attached hydrogens (tertiary/aromatic N) is 5. The van der Waals surface area contributed by atoms with E-state index in [2.05, 4.69) is 10.1 Å². The number of ether oxygens (including phenoxy) is 2. The number of rotatable bonds is 7. The number of halogens is 3. The third-order valence-electron chi connectivity index (χ3n) is 6.12. The SMILES string of the molecule is Cc1cn(CC2C=NN(C)C2C)c(=O)nc1OCc1ccc(Oc2cccc(C(F)(F)F)c2)c(C#N)c1. The van der Waals surface area contributed by atoms with E-state index in [1.807, 2.05) is 31.3 Å². The van der Waals surface area contributed by atoms with Crippen LogP contribution < -0.4 is 15.2 Å². The lowest BCUT2D eigenvalue weighted by Gasteiger charge is -2.20. The largest absolute Gasteiger partial charge is 0.472 e. The number of hydrogen-bond donors (Lipinski definition) is 0. The predicted octanol–water partition coefficient (Wildman–Crippen LogP) is 4.75. The maximum atomic E-state index is 13.0. The summed E-state index contributed by atoms with van der Waals surface area (Å²) in [6, 6.07) is 11.2. The number of hydrazone groups is 1. The summed E-state index contributed by atoms with van der Waals surface area (Å²) in [5, 5.41) is 15.6. The molecule has 0 fully saturated rings. The maximum Gasteiger partial charge on any atom is 0.416 e. The van der Waals surface area contributed by atoms with Gasteiger partial charge in [0.2, 0.25) is 5.88 Å². The fraction of sp³-hybridized carbons (Fsp3) is 0.308. The van der Waals surface area contributed by atoms with Gasteiger partial charge in [0, 0.05) is 37.5 Å². The molecular weight excluding hydrogens is 487 g/mol. The van der Waals surface area contributed by atoms with Crippen molar-refractivity contribution < 1.29 is 22.6 Å². The molecule has 37 heavy (non-hydrogen) atoms. The molecule has 1 aromatic heterocycles. The molecule has 0 saturated heterocycles.